The van der Waals surface area contributed by atoms with Crippen LogP contribution in [-0.4, -0.2) is 15.7 Å². The molecule has 1 aromatic heterocycles. The lowest BCUT2D eigenvalue weighted by Gasteiger charge is -2.04. The Kier molecular flexibility index (Phi) is 3.94. The zero-order valence-electron chi connectivity index (χ0n) is 12.0. The predicted molar refractivity (Wildman–Crippen MR) is 88.0 cm³/mol. The molecular formula is C17H14ClN3O. The van der Waals surface area contributed by atoms with Gasteiger partial charge in [0.05, 0.1) is 5.69 Å². The quantitative estimate of drug-likeness (QED) is 0.795. The third kappa shape index (κ3) is 3.02. The van der Waals surface area contributed by atoms with Gasteiger partial charge in [-0.2, -0.15) is 5.10 Å². The lowest BCUT2D eigenvalue weighted by molar-refractivity contribution is 0.101. The smallest absolute Gasteiger partial charge is 0.273 e. The second-order valence-corrected chi connectivity index (χ2v) is 5.31. The van der Waals surface area contributed by atoms with Gasteiger partial charge < -0.3 is 5.32 Å². The summed E-state index contributed by atoms with van der Waals surface area (Å²) in [7, 11) is 1.74. The predicted octanol–water partition coefficient (Wildman–Crippen LogP) is 3.99. The van der Waals surface area contributed by atoms with Crippen molar-refractivity contribution in [3.63, 3.8) is 0 Å². The van der Waals surface area contributed by atoms with Gasteiger partial charge in [0.1, 0.15) is 5.69 Å². The van der Waals surface area contributed by atoms with Gasteiger partial charge in [-0.3, -0.25) is 9.48 Å². The first-order chi connectivity index (χ1) is 10.6. The van der Waals surface area contributed by atoms with Crippen LogP contribution in [0.1, 0.15) is 10.5 Å². The normalized spacial score (nSPS) is 10.5. The number of halogens is 1. The Balaban J connectivity index is 1.88. The number of aryl methyl sites for hydroxylation is 1. The van der Waals surface area contributed by atoms with Crippen LogP contribution in [0.4, 0.5) is 5.69 Å². The minimum absolute atomic E-state index is 0.200. The number of hydrogen-bond acceptors (Lipinski definition) is 2. The van der Waals surface area contributed by atoms with Crippen LogP contribution in [0.25, 0.3) is 11.3 Å². The molecule has 0 saturated carbocycles. The van der Waals surface area contributed by atoms with E-state index in [1.165, 1.54) is 0 Å². The summed E-state index contributed by atoms with van der Waals surface area (Å²) in [6.45, 7) is 0. The fourth-order valence-corrected chi connectivity index (χ4v) is 2.38. The minimum Gasteiger partial charge on any atom is -0.321 e. The van der Waals surface area contributed by atoms with E-state index in [0.717, 1.165) is 11.3 Å². The Bertz CT molecular complexity index is 812. The maximum atomic E-state index is 12.3. The number of anilines is 1. The second kappa shape index (κ2) is 6.03. The van der Waals surface area contributed by atoms with Crippen molar-refractivity contribution < 1.29 is 4.79 Å². The van der Waals surface area contributed by atoms with Crippen molar-refractivity contribution in [2.45, 2.75) is 0 Å². The van der Waals surface area contributed by atoms with Crippen molar-refractivity contribution in [1.82, 2.24) is 9.78 Å². The van der Waals surface area contributed by atoms with Crippen molar-refractivity contribution in [1.29, 1.82) is 0 Å². The number of carbonyl (C=O) groups is 1. The van der Waals surface area contributed by atoms with Crippen LogP contribution in [0.5, 0.6) is 0 Å². The number of aromatic nitrogens is 2. The van der Waals surface area contributed by atoms with Crippen LogP contribution < -0.4 is 5.32 Å². The fraction of sp³-hybridized carbons (Fsp3) is 0.0588. The summed E-state index contributed by atoms with van der Waals surface area (Å²) < 4.78 is 1.56. The van der Waals surface area contributed by atoms with Crippen LogP contribution in [0, 0.1) is 0 Å². The molecule has 0 saturated heterocycles. The number of nitrogens with one attached hydrogen (secondary N) is 1. The van der Waals surface area contributed by atoms with Crippen LogP contribution in [-0.2, 0) is 7.05 Å². The van der Waals surface area contributed by atoms with Gasteiger partial charge in [0, 0.05) is 23.3 Å². The van der Waals surface area contributed by atoms with Crippen molar-refractivity contribution in [2.75, 3.05) is 5.32 Å². The highest BCUT2D eigenvalue weighted by Gasteiger charge is 2.14. The van der Waals surface area contributed by atoms with Crippen LogP contribution in [0.15, 0.2) is 60.7 Å². The van der Waals surface area contributed by atoms with Crippen molar-refractivity contribution >= 4 is 23.2 Å². The number of amides is 1. The topological polar surface area (TPSA) is 46.9 Å². The first kappa shape index (κ1) is 14.4. The third-order valence-electron chi connectivity index (χ3n) is 3.26. The van der Waals surface area contributed by atoms with Crippen molar-refractivity contribution in [3.05, 3.63) is 71.4 Å². The number of para-hydroxylation sites is 1. The molecule has 3 rings (SSSR count). The average Bonchev–Trinajstić information content (AvgIpc) is 2.90. The van der Waals surface area contributed by atoms with Gasteiger partial charge in [-0.05, 0) is 30.3 Å². The van der Waals surface area contributed by atoms with E-state index in [4.69, 9.17) is 11.6 Å². The van der Waals surface area contributed by atoms with E-state index in [1.54, 1.807) is 23.9 Å². The molecule has 5 heteroatoms. The molecule has 2 aromatic carbocycles. The van der Waals surface area contributed by atoms with Gasteiger partial charge in [-0.25, -0.2) is 0 Å². The first-order valence-electron chi connectivity index (χ1n) is 6.80. The van der Waals surface area contributed by atoms with Crippen LogP contribution >= 0.6 is 11.6 Å². The molecule has 0 aliphatic rings. The zero-order valence-corrected chi connectivity index (χ0v) is 12.7. The lowest BCUT2D eigenvalue weighted by atomic mass is 10.1. The minimum atomic E-state index is -0.200. The van der Waals surface area contributed by atoms with Crippen LogP contribution in [0.3, 0.4) is 0 Å². The molecule has 0 unspecified atom stereocenters. The summed E-state index contributed by atoms with van der Waals surface area (Å²) in [6, 6.07) is 18.5. The second-order valence-electron chi connectivity index (χ2n) is 4.87. The summed E-state index contributed by atoms with van der Waals surface area (Å²) in [5.74, 6) is -0.200. The molecule has 0 radical (unpaired) electrons. The maximum Gasteiger partial charge on any atom is 0.273 e. The van der Waals surface area contributed by atoms with Gasteiger partial charge in [-0.1, -0.05) is 41.9 Å². The highest BCUT2D eigenvalue weighted by molar-refractivity contribution is 6.30. The van der Waals surface area contributed by atoms with E-state index in [1.807, 2.05) is 48.5 Å². The van der Waals surface area contributed by atoms with E-state index >= 15 is 0 Å². The molecule has 0 fully saturated rings. The molecule has 0 bridgehead atoms. The Hall–Kier alpha value is -2.59. The summed E-state index contributed by atoms with van der Waals surface area (Å²) in [5, 5.41) is 7.87. The monoisotopic (exact) mass is 311 g/mol. The molecule has 110 valence electrons. The standard InChI is InChI=1S/C17H14ClN3O/c1-21-16(17(22)19-14-8-3-2-4-9-14)11-15(20-21)12-6-5-7-13(18)10-12/h2-11H,1H3,(H,19,22). The summed E-state index contributed by atoms with van der Waals surface area (Å²) in [4.78, 5) is 12.3. The molecule has 1 amide bonds. The van der Waals surface area contributed by atoms with Gasteiger partial charge in [0.15, 0.2) is 0 Å². The third-order valence-corrected chi connectivity index (χ3v) is 3.50. The number of carbonyl (C=O) groups excluding carboxylic acids is 1. The SMILES string of the molecule is Cn1nc(-c2cccc(Cl)c2)cc1C(=O)Nc1ccccc1. The molecule has 3 aromatic rings. The van der Waals surface area contributed by atoms with E-state index in [0.29, 0.717) is 16.4 Å². The van der Waals surface area contributed by atoms with Gasteiger partial charge in [0.25, 0.3) is 5.91 Å². The van der Waals surface area contributed by atoms with Crippen LogP contribution in [0.2, 0.25) is 5.02 Å². The number of rotatable bonds is 3. The Morgan fingerprint density at radius 2 is 1.86 bits per heavy atom. The van der Waals surface area contributed by atoms with Crippen molar-refractivity contribution in [3.8, 4) is 11.3 Å². The summed E-state index contributed by atoms with van der Waals surface area (Å²) >= 11 is 6.00. The number of nitrogens with zero attached hydrogens (tertiary/aromatic N) is 2. The molecule has 0 spiro atoms. The molecule has 0 aliphatic heterocycles. The fourth-order valence-electron chi connectivity index (χ4n) is 2.19. The molecule has 1 N–H and O–H groups in total. The van der Waals surface area contributed by atoms with Gasteiger partial charge in [-0.15, -0.1) is 0 Å². The molecule has 4 nitrogen and oxygen atoms in total. The van der Waals surface area contributed by atoms with E-state index in [-0.39, 0.29) is 5.91 Å². The molecule has 22 heavy (non-hydrogen) atoms. The Labute approximate surface area is 133 Å². The Morgan fingerprint density at radius 1 is 1.09 bits per heavy atom. The van der Waals surface area contributed by atoms with E-state index in [2.05, 4.69) is 10.4 Å². The van der Waals surface area contributed by atoms with Gasteiger partial charge >= 0.3 is 0 Å². The molecule has 1 heterocycles. The van der Waals surface area contributed by atoms with Crippen molar-refractivity contribution in [2.24, 2.45) is 7.05 Å². The Morgan fingerprint density at radius 3 is 2.59 bits per heavy atom. The summed E-state index contributed by atoms with van der Waals surface area (Å²) in [5.41, 5.74) is 2.82. The van der Waals surface area contributed by atoms with E-state index in [9.17, 15) is 4.79 Å². The molecule has 0 atom stereocenters. The number of hydrogen-bond donors (Lipinski definition) is 1. The number of benzene rings is 2. The lowest BCUT2D eigenvalue weighted by Crippen LogP contribution is -2.15. The first-order valence-corrected chi connectivity index (χ1v) is 7.17. The zero-order chi connectivity index (χ0) is 15.5. The highest BCUT2D eigenvalue weighted by atomic mass is 35.5. The molecular weight excluding hydrogens is 298 g/mol. The molecule has 0 aliphatic carbocycles. The maximum absolute atomic E-state index is 12.3. The largest absolute Gasteiger partial charge is 0.321 e. The average molecular weight is 312 g/mol. The van der Waals surface area contributed by atoms with Gasteiger partial charge in [0.2, 0.25) is 0 Å². The highest BCUT2D eigenvalue weighted by Crippen LogP contribution is 2.22. The summed E-state index contributed by atoms with van der Waals surface area (Å²) in [6.07, 6.45) is 0. The van der Waals surface area contributed by atoms with E-state index < -0.39 is 0 Å².